The van der Waals surface area contributed by atoms with E-state index in [1.165, 1.54) is 0 Å². The number of nitrogens with zero attached hydrogens (tertiary/aromatic N) is 5. The third-order valence-corrected chi connectivity index (χ3v) is 6.40. The highest BCUT2D eigenvalue weighted by atomic mass is 16.2. The normalized spacial score (nSPS) is 18.2. The van der Waals surface area contributed by atoms with Gasteiger partial charge in [0.2, 0.25) is 5.91 Å². The van der Waals surface area contributed by atoms with E-state index in [1.54, 1.807) is 11.0 Å². The van der Waals surface area contributed by atoms with Crippen molar-refractivity contribution < 1.29 is 9.59 Å². The molecule has 0 aromatic carbocycles. The fraction of sp³-hybridized carbons (Fsp3) is 0.619. The zero-order chi connectivity index (χ0) is 20.6. The number of nitrogens with one attached hydrogen (secondary N) is 1. The van der Waals surface area contributed by atoms with Crippen molar-refractivity contribution in [2.24, 2.45) is 7.05 Å². The van der Waals surface area contributed by atoms with Crippen LogP contribution in [0.25, 0.3) is 0 Å². The topological polar surface area (TPSA) is 87.1 Å². The third-order valence-electron chi connectivity index (χ3n) is 6.40. The monoisotopic (exact) mass is 398 g/mol. The molecule has 0 saturated carbocycles. The molecule has 156 valence electrons. The molecule has 1 N–H and O–H groups in total. The van der Waals surface area contributed by atoms with Crippen LogP contribution in [0.15, 0.2) is 12.4 Å². The molecule has 2 aromatic rings. The molecular weight excluding hydrogens is 368 g/mol. The minimum Gasteiger partial charge on any atom is -0.348 e. The Morgan fingerprint density at radius 3 is 2.66 bits per heavy atom. The van der Waals surface area contributed by atoms with Crippen LogP contribution in [0, 0.1) is 0 Å². The molecule has 4 heterocycles. The Labute approximate surface area is 171 Å². The number of likely N-dealkylation sites (tertiary alicyclic amines) is 1. The van der Waals surface area contributed by atoms with Crippen LogP contribution in [-0.4, -0.2) is 61.0 Å². The highest BCUT2D eigenvalue weighted by Crippen LogP contribution is 2.42. The second kappa shape index (κ2) is 7.65. The average Bonchev–Trinajstić information content (AvgIpc) is 3.35. The minimum atomic E-state index is -0.405. The number of aromatic nitrogens is 4. The van der Waals surface area contributed by atoms with Crippen LogP contribution in [-0.2, 0) is 30.2 Å². The molecule has 8 nitrogen and oxygen atoms in total. The number of hydrogen-bond acceptors (Lipinski definition) is 4. The van der Waals surface area contributed by atoms with Crippen molar-refractivity contribution in [3.8, 4) is 0 Å². The number of hydrogen-bond donors (Lipinski definition) is 1. The lowest BCUT2D eigenvalue weighted by Gasteiger charge is -2.50. The van der Waals surface area contributed by atoms with Gasteiger partial charge in [0.05, 0.1) is 23.3 Å². The van der Waals surface area contributed by atoms with Crippen LogP contribution >= 0.6 is 0 Å². The standard InChI is InChI=1S/C21H30N6O2/c1-4-6-15-13-17(25(3)24-15)20(29)26-11-8-21(9-12-26)19-16(22-14-23-19)7-10-27(21)18(28)5-2/h13-14H,4-12H2,1-3H3,(H,22,23). The van der Waals surface area contributed by atoms with E-state index in [9.17, 15) is 9.59 Å². The maximum Gasteiger partial charge on any atom is 0.272 e. The second-order valence-corrected chi connectivity index (χ2v) is 8.10. The van der Waals surface area contributed by atoms with Crippen molar-refractivity contribution in [2.45, 2.75) is 57.9 Å². The molecule has 0 radical (unpaired) electrons. The Kier molecular flexibility index (Phi) is 5.19. The van der Waals surface area contributed by atoms with Gasteiger partial charge in [-0.15, -0.1) is 0 Å². The van der Waals surface area contributed by atoms with Crippen molar-refractivity contribution in [3.63, 3.8) is 0 Å². The van der Waals surface area contributed by atoms with Crippen LogP contribution in [0.4, 0.5) is 0 Å². The SMILES string of the molecule is CCCc1cc(C(=O)N2CCC3(CC2)c2nc[nH]c2CCN3C(=O)CC)n(C)n1. The lowest BCUT2D eigenvalue weighted by atomic mass is 9.78. The third kappa shape index (κ3) is 3.24. The van der Waals surface area contributed by atoms with Crippen molar-refractivity contribution in [1.29, 1.82) is 0 Å². The van der Waals surface area contributed by atoms with Gasteiger partial charge in [-0.25, -0.2) is 4.98 Å². The number of H-pyrrole nitrogens is 1. The highest BCUT2D eigenvalue weighted by Gasteiger charge is 2.48. The van der Waals surface area contributed by atoms with Crippen LogP contribution in [0.3, 0.4) is 0 Å². The predicted molar refractivity (Wildman–Crippen MR) is 108 cm³/mol. The molecule has 2 aliphatic heterocycles. The predicted octanol–water partition coefficient (Wildman–Crippen LogP) is 2.02. The van der Waals surface area contributed by atoms with Gasteiger partial charge < -0.3 is 14.8 Å². The van der Waals surface area contributed by atoms with E-state index >= 15 is 0 Å². The number of carbonyl (C=O) groups excluding carboxylic acids is 2. The van der Waals surface area contributed by atoms with Gasteiger partial charge in [0.1, 0.15) is 5.69 Å². The molecular formula is C21H30N6O2. The molecule has 2 aromatic heterocycles. The van der Waals surface area contributed by atoms with Crippen LogP contribution in [0.2, 0.25) is 0 Å². The summed E-state index contributed by atoms with van der Waals surface area (Å²) in [7, 11) is 1.83. The van der Waals surface area contributed by atoms with E-state index in [-0.39, 0.29) is 11.8 Å². The zero-order valence-electron chi connectivity index (χ0n) is 17.6. The molecule has 0 aliphatic carbocycles. The summed E-state index contributed by atoms with van der Waals surface area (Å²) in [5, 5.41) is 4.47. The van der Waals surface area contributed by atoms with Crippen molar-refractivity contribution in [2.75, 3.05) is 19.6 Å². The van der Waals surface area contributed by atoms with Crippen LogP contribution in [0.5, 0.6) is 0 Å². The average molecular weight is 399 g/mol. The fourth-order valence-corrected chi connectivity index (χ4v) is 4.89. The molecule has 8 heteroatoms. The molecule has 0 atom stereocenters. The molecule has 1 spiro atoms. The quantitative estimate of drug-likeness (QED) is 0.854. The molecule has 1 fully saturated rings. The van der Waals surface area contributed by atoms with E-state index in [1.807, 2.05) is 29.8 Å². The Morgan fingerprint density at radius 1 is 1.21 bits per heavy atom. The van der Waals surface area contributed by atoms with Crippen molar-refractivity contribution >= 4 is 11.8 Å². The maximum atomic E-state index is 13.1. The number of amides is 2. The molecule has 29 heavy (non-hydrogen) atoms. The highest BCUT2D eigenvalue weighted by molar-refractivity contribution is 5.92. The summed E-state index contributed by atoms with van der Waals surface area (Å²) in [5.41, 5.74) is 3.30. The first-order valence-corrected chi connectivity index (χ1v) is 10.7. The molecule has 0 unspecified atom stereocenters. The van der Waals surface area contributed by atoms with Gasteiger partial charge in [-0.05, 0) is 25.3 Å². The van der Waals surface area contributed by atoms with Gasteiger partial charge in [-0.2, -0.15) is 5.10 Å². The van der Waals surface area contributed by atoms with E-state index in [4.69, 9.17) is 0 Å². The summed E-state index contributed by atoms with van der Waals surface area (Å²) >= 11 is 0. The number of imidazole rings is 1. The summed E-state index contributed by atoms with van der Waals surface area (Å²) < 4.78 is 1.69. The Morgan fingerprint density at radius 2 is 1.97 bits per heavy atom. The maximum absolute atomic E-state index is 13.1. The summed E-state index contributed by atoms with van der Waals surface area (Å²) in [6.45, 7) is 5.93. The number of aryl methyl sites for hydroxylation is 2. The molecule has 2 amide bonds. The number of rotatable bonds is 4. The minimum absolute atomic E-state index is 0.0173. The van der Waals surface area contributed by atoms with Crippen LogP contribution in [0.1, 0.15) is 67.1 Å². The number of aromatic amines is 1. The Balaban J connectivity index is 1.56. The van der Waals surface area contributed by atoms with E-state index in [0.717, 1.165) is 36.3 Å². The number of piperidine rings is 1. The Bertz CT molecular complexity index is 906. The smallest absolute Gasteiger partial charge is 0.272 e. The number of fused-ring (bicyclic) bond motifs is 2. The van der Waals surface area contributed by atoms with E-state index < -0.39 is 5.54 Å². The second-order valence-electron chi connectivity index (χ2n) is 8.10. The van der Waals surface area contributed by atoms with Crippen molar-refractivity contribution in [3.05, 3.63) is 35.2 Å². The van der Waals surface area contributed by atoms with E-state index in [2.05, 4.69) is 22.0 Å². The fourth-order valence-electron chi connectivity index (χ4n) is 4.89. The molecule has 4 rings (SSSR count). The first kappa shape index (κ1) is 19.7. The first-order valence-electron chi connectivity index (χ1n) is 10.7. The summed E-state index contributed by atoms with van der Waals surface area (Å²) in [6, 6.07) is 1.91. The molecule has 0 bridgehead atoms. The van der Waals surface area contributed by atoms with Gasteiger partial charge in [0.15, 0.2) is 0 Å². The van der Waals surface area contributed by atoms with Gasteiger partial charge in [0.25, 0.3) is 5.91 Å². The summed E-state index contributed by atoms with van der Waals surface area (Å²) in [6.07, 6.45) is 6.32. The summed E-state index contributed by atoms with van der Waals surface area (Å²) in [4.78, 5) is 37.6. The molecule has 2 aliphatic rings. The van der Waals surface area contributed by atoms with Gasteiger partial charge >= 0.3 is 0 Å². The lowest BCUT2D eigenvalue weighted by Crippen LogP contribution is -2.58. The number of carbonyl (C=O) groups is 2. The van der Waals surface area contributed by atoms with Crippen molar-refractivity contribution in [1.82, 2.24) is 29.5 Å². The van der Waals surface area contributed by atoms with Crippen LogP contribution < -0.4 is 0 Å². The van der Waals surface area contributed by atoms with Gasteiger partial charge in [0, 0.05) is 45.2 Å². The summed E-state index contributed by atoms with van der Waals surface area (Å²) in [5.74, 6) is 0.179. The molecule has 1 saturated heterocycles. The Hall–Kier alpha value is -2.64. The largest absolute Gasteiger partial charge is 0.348 e. The lowest BCUT2D eigenvalue weighted by molar-refractivity contribution is -0.141. The van der Waals surface area contributed by atoms with Gasteiger partial charge in [-0.1, -0.05) is 20.3 Å². The zero-order valence-corrected chi connectivity index (χ0v) is 17.6. The first-order chi connectivity index (χ1) is 14.0. The van der Waals surface area contributed by atoms with E-state index in [0.29, 0.717) is 44.6 Å². The van der Waals surface area contributed by atoms with Gasteiger partial charge in [-0.3, -0.25) is 14.3 Å².